The molecule has 7 nitrogen and oxygen atoms in total. The maximum absolute atomic E-state index is 11.9. The zero-order valence-electron chi connectivity index (χ0n) is 14.7. The number of benzene rings is 1. The molecule has 0 unspecified atom stereocenters. The summed E-state index contributed by atoms with van der Waals surface area (Å²) in [6.45, 7) is 0.696. The Labute approximate surface area is 152 Å². The number of aryl methyl sites for hydroxylation is 1. The largest absolute Gasteiger partial charge is 0.346 e. The van der Waals surface area contributed by atoms with E-state index in [0.717, 1.165) is 23.4 Å². The second-order valence-electron chi connectivity index (χ2n) is 6.63. The topological polar surface area (TPSA) is 76.8 Å². The molecule has 1 fully saturated rings. The number of hydrogen-bond donors (Lipinski definition) is 2. The number of para-hydroxylation sites is 1. The van der Waals surface area contributed by atoms with Gasteiger partial charge in [-0.05, 0) is 18.6 Å². The van der Waals surface area contributed by atoms with Crippen LogP contribution in [0.2, 0.25) is 0 Å². The van der Waals surface area contributed by atoms with Gasteiger partial charge in [0.15, 0.2) is 0 Å². The minimum atomic E-state index is -0.0760. The molecule has 0 radical (unpaired) electrons. The summed E-state index contributed by atoms with van der Waals surface area (Å²) < 4.78 is 3.83. The molecule has 1 aliphatic heterocycles. The summed E-state index contributed by atoms with van der Waals surface area (Å²) >= 11 is 0. The standard InChI is InChI=1S/C19H22N6O/c1-24-13-20-11-17(24)19-16(7-8-18(26)23-19)21-9-14-10-22-25(12-14)15-5-3-2-4-6-15/h2-6,10-13,16,19,21H,7-9H2,1H3,(H,23,26)/t16-,19-/m1/s1. The van der Waals surface area contributed by atoms with Gasteiger partial charge < -0.3 is 15.2 Å². The van der Waals surface area contributed by atoms with Crippen molar-refractivity contribution in [3.8, 4) is 5.69 Å². The Morgan fingerprint density at radius 3 is 2.88 bits per heavy atom. The minimum Gasteiger partial charge on any atom is -0.346 e. The summed E-state index contributed by atoms with van der Waals surface area (Å²) in [6.07, 6.45) is 8.82. The molecule has 0 aliphatic carbocycles. The zero-order valence-corrected chi connectivity index (χ0v) is 14.7. The Balaban J connectivity index is 1.45. The summed E-state index contributed by atoms with van der Waals surface area (Å²) in [4.78, 5) is 16.1. The molecule has 1 amide bonds. The first-order valence-electron chi connectivity index (χ1n) is 8.78. The van der Waals surface area contributed by atoms with Gasteiger partial charge in [0.25, 0.3) is 0 Å². The van der Waals surface area contributed by atoms with Crippen LogP contribution in [0.25, 0.3) is 5.69 Å². The van der Waals surface area contributed by atoms with E-state index >= 15 is 0 Å². The van der Waals surface area contributed by atoms with Gasteiger partial charge in [0.05, 0.1) is 36.1 Å². The molecule has 26 heavy (non-hydrogen) atoms. The van der Waals surface area contributed by atoms with E-state index in [1.54, 1.807) is 6.33 Å². The van der Waals surface area contributed by atoms with Crippen LogP contribution in [0, 0.1) is 0 Å². The number of carbonyl (C=O) groups is 1. The van der Waals surface area contributed by atoms with Crippen molar-refractivity contribution in [3.63, 3.8) is 0 Å². The molecule has 1 aliphatic rings. The van der Waals surface area contributed by atoms with Crippen molar-refractivity contribution in [1.82, 2.24) is 30.0 Å². The van der Waals surface area contributed by atoms with Gasteiger partial charge in [0.1, 0.15) is 0 Å². The predicted molar refractivity (Wildman–Crippen MR) is 97.5 cm³/mol. The molecule has 1 aromatic carbocycles. The van der Waals surface area contributed by atoms with Gasteiger partial charge in [-0.2, -0.15) is 5.10 Å². The van der Waals surface area contributed by atoms with Gasteiger partial charge in [0.2, 0.25) is 5.91 Å². The summed E-state index contributed by atoms with van der Waals surface area (Å²) in [7, 11) is 1.95. The van der Waals surface area contributed by atoms with Gasteiger partial charge in [-0.3, -0.25) is 4.79 Å². The van der Waals surface area contributed by atoms with Crippen LogP contribution >= 0.6 is 0 Å². The second kappa shape index (κ2) is 7.13. The van der Waals surface area contributed by atoms with Crippen molar-refractivity contribution in [3.05, 3.63) is 66.5 Å². The SMILES string of the molecule is Cn1cncc1[C@@H]1NC(=O)CC[C@H]1NCc1cnn(-c2ccccc2)c1. The third-order valence-corrected chi connectivity index (χ3v) is 4.80. The number of carbonyl (C=O) groups excluding carboxylic acids is 1. The van der Waals surface area contributed by atoms with E-state index in [0.29, 0.717) is 13.0 Å². The number of aromatic nitrogens is 4. The number of nitrogens with one attached hydrogen (secondary N) is 2. The van der Waals surface area contributed by atoms with Crippen molar-refractivity contribution >= 4 is 5.91 Å². The summed E-state index contributed by atoms with van der Waals surface area (Å²) in [6, 6.07) is 10.1. The minimum absolute atomic E-state index is 0.0760. The lowest BCUT2D eigenvalue weighted by atomic mass is 9.95. The Kier molecular flexibility index (Phi) is 4.53. The highest BCUT2D eigenvalue weighted by Gasteiger charge is 2.31. The van der Waals surface area contributed by atoms with Crippen molar-refractivity contribution in [2.45, 2.75) is 31.5 Å². The van der Waals surface area contributed by atoms with Crippen LogP contribution in [0.1, 0.15) is 30.1 Å². The first-order chi connectivity index (χ1) is 12.7. The molecular formula is C19H22N6O. The Morgan fingerprint density at radius 1 is 1.27 bits per heavy atom. The number of rotatable bonds is 5. The molecule has 0 bridgehead atoms. The van der Waals surface area contributed by atoms with Gasteiger partial charge in [0, 0.05) is 37.8 Å². The van der Waals surface area contributed by atoms with Crippen LogP contribution in [0.5, 0.6) is 0 Å². The average Bonchev–Trinajstić information content (AvgIpc) is 3.30. The molecule has 7 heteroatoms. The van der Waals surface area contributed by atoms with E-state index < -0.39 is 0 Å². The lowest BCUT2D eigenvalue weighted by molar-refractivity contribution is -0.124. The highest BCUT2D eigenvalue weighted by atomic mass is 16.1. The molecular weight excluding hydrogens is 328 g/mol. The van der Waals surface area contributed by atoms with Crippen LogP contribution in [0.3, 0.4) is 0 Å². The van der Waals surface area contributed by atoms with E-state index in [1.807, 2.05) is 65.2 Å². The smallest absolute Gasteiger partial charge is 0.220 e. The van der Waals surface area contributed by atoms with E-state index in [2.05, 4.69) is 20.7 Å². The molecule has 3 aromatic rings. The molecule has 2 N–H and O–H groups in total. The molecule has 134 valence electrons. The first kappa shape index (κ1) is 16.5. The van der Waals surface area contributed by atoms with E-state index in [-0.39, 0.29) is 18.0 Å². The fourth-order valence-electron chi connectivity index (χ4n) is 3.39. The number of amides is 1. The molecule has 0 saturated carbocycles. The molecule has 1 saturated heterocycles. The number of piperidine rings is 1. The summed E-state index contributed by atoms with van der Waals surface area (Å²) in [5, 5.41) is 11.1. The predicted octanol–water partition coefficient (Wildman–Crippen LogP) is 1.72. The lowest BCUT2D eigenvalue weighted by Crippen LogP contribution is -2.48. The third-order valence-electron chi connectivity index (χ3n) is 4.80. The number of nitrogens with zero attached hydrogens (tertiary/aromatic N) is 4. The van der Waals surface area contributed by atoms with Gasteiger partial charge in [-0.1, -0.05) is 18.2 Å². The molecule has 3 heterocycles. The van der Waals surface area contributed by atoms with Crippen LogP contribution in [0.4, 0.5) is 0 Å². The Bertz CT molecular complexity index is 884. The lowest BCUT2D eigenvalue weighted by Gasteiger charge is -2.33. The first-order valence-corrected chi connectivity index (χ1v) is 8.78. The molecule has 2 aromatic heterocycles. The van der Waals surface area contributed by atoms with E-state index in [9.17, 15) is 4.79 Å². The molecule has 4 rings (SSSR count). The average molecular weight is 350 g/mol. The van der Waals surface area contributed by atoms with Crippen molar-refractivity contribution in [1.29, 1.82) is 0 Å². The fourth-order valence-corrected chi connectivity index (χ4v) is 3.39. The second-order valence-corrected chi connectivity index (χ2v) is 6.63. The van der Waals surface area contributed by atoms with Crippen molar-refractivity contribution in [2.75, 3.05) is 0 Å². The Hall–Kier alpha value is -2.93. The quantitative estimate of drug-likeness (QED) is 0.734. The monoisotopic (exact) mass is 350 g/mol. The fraction of sp³-hybridized carbons (Fsp3) is 0.316. The number of hydrogen-bond acceptors (Lipinski definition) is 4. The maximum atomic E-state index is 11.9. The number of imidazole rings is 1. The van der Waals surface area contributed by atoms with Crippen LogP contribution < -0.4 is 10.6 Å². The normalized spacial score (nSPS) is 20.1. The third kappa shape index (κ3) is 3.39. The maximum Gasteiger partial charge on any atom is 0.220 e. The Morgan fingerprint density at radius 2 is 2.12 bits per heavy atom. The van der Waals surface area contributed by atoms with Crippen LogP contribution in [-0.4, -0.2) is 31.3 Å². The van der Waals surface area contributed by atoms with E-state index in [1.165, 1.54) is 0 Å². The van der Waals surface area contributed by atoms with Gasteiger partial charge in [-0.25, -0.2) is 9.67 Å². The van der Waals surface area contributed by atoms with Crippen LogP contribution in [-0.2, 0) is 18.4 Å². The molecule has 2 atom stereocenters. The van der Waals surface area contributed by atoms with Crippen LogP contribution in [0.15, 0.2) is 55.2 Å². The highest BCUT2D eigenvalue weighted by Crippen LogP contribution is 2.24. The van der Waals surface area contributed by atoms with Crippen molar-refractivity contribution in [2.24, 2.45) is 7.05 Å². The highest BCUT2D eigenvalue weighted by molar-refractivity contribution is 5.77. The molecule has 0 spiro atoms. The van der Waals surface area contributed by atoms with Gasteiger partial charge >= 0.3 is 0 Å². The summed E-state index contributed by atoms with van der Waals surface area (Å²) in [5.74, 6) is 0.0890. The summed E-state index contributed by atoms with van der Waals surface area (Å²) in [5.41, 5.74) is 3.15. The van der Waals surface area contributed by atoms with E-state index in [4.69, 9.17) is 0 Å². The zero-order chi connectivity index (χ0) is 17.9. The van der Waals surface area contributed by atoms with Crippen molar-refractivity contribution < 1.29 is 4.79 Å². The van der Waals surface area contributed by atoms with Gasteiger partial charge in [-0.15, -0.1) is 0 Å².